The van der Waals surface area contributed by atoms with Crippen LogP contribution in [0.1, 0.15) is 38.8 Å². The summed E-state index contributed by atoms with van der Waals surface area (Å²) in [6, 6.07) is 2.71. The van der Waals surface area contributed by atoms with Crippen LogP contribution in [0.2, 0.25) is 6.43 Å². The van der Waals surface area contributed by atoms with E-state index in [1.165, 1.54) is 0 Å². The number of aromatic nitrogens is 1. The van der Waals surface area contributed by atoms with Crippen LogP contribution in [-0.2, 0) is 16.4 Å². The minimum atomic E-state index is -5.04. The van der Waals surface area contributed by atoms with E-state index in [4.69, 9.17) is 34.8 Å². The predicted molar refractivity (Wildman–Crippen MR) is 107 cm³/mol. The van der Waals surface area contributed by atoms with Gasteiger partial charge in [0.1, 0.15) is 17.0 Å². The van der Waals surface area contributed by atoms with E-state index in [0.29, 0.717) is 11.3 Å². The van der Waals surface area contributed by atoms with Gasteiger partial charge in [-0.3, -0.25) is 4.79 Å². The summed E-state index contributed by atoms with van der Waals surface area (Å²) < 4.78 is 119. The molecule has 1 atom stereocenters. The fourth-order valence-corrected chi connectivity index (χ4v) is 4.70. The van der Waals surface area contributed by atoms with E-state index >= 15 is 0 Å². The molecule has 29 heavy (non-hydrogen) atoms. The number of aryl methyl sites for hydroxylation is 2. The molecule has 0 aliphatic carbocycles. The Morgan fingerprint density at radius 2 is 2.24 bits per heavy atom. The van der Waals surface area contributed by atoms with Gasteiger partial charge in [0.25, 0.3) is 15.9 Å². The Kier molecular flexibility index (Phi) is 2.79. The molecular formula is C18H15ClN2O6S2. The number of carbonyl (C=O) groups excluding carboxylic acids is 1. The second kappa shape index (κ2) is 7.36. The van der Waals surface area contributed by atoms with Gasteiger partial charge >= 0.3 is 0 Å². The van der Waals surface area contributed by atoms with Crippen molar-refractivity contribution in [2.24, 2.45) is 0 Å². The summed E-state index contributed by atoms with van der Waals surface area (Å²) in [7, 11) is -5.04. The minimum absolute atomic E-state index is 0.155. The third kappa shape index (κ3) is 3.70. The molecule has 1 N–H and O–H groups in total. The van der Waals surface area contributed by atoms with Crippen LogP contribution in [0, 0.1) is 13.7 Å². The standard InChI is InChI=1S/C18H15ClN2O6S2/c1-9-5-13-14(26-8-25-13)7-11(9)6-12(22)17-15(3-4-28-17)29(23,24)21-18-16(19)10(2)20-27-18/h3-5,7,21H,6,8H2,1-2H3/i1D3,2D3,6D2,8D/hD. The molecule has 0 amide bonds. The lowest BCUT2D eigenvalue weighted by atomic mass is 10.0. The molecule has 1 unspecified atom stereocenters. The zero-order valence-corrected chi connectivity index (χ0v) is 16.3. The topological polar surface area (TPSA) is 108 Å². The number of hydrogen-bond donors (Lipinski definition) is 1. The maximum Gasteiger partial charge on any atom is 0.265 e. The lowest BCUT2D eigenvalue weighted by molar-refractivity contribution is 0.0994. The Balaban J connectivity index is 1.78. The zero-order chi connectivity index (χ0) is 29.3. The number of nitrogens with one attached hydrogen (secondary N) is 1. The van der Waals surface area contributed by atoms with Crippen molar-refractivity contribution in [3.8, 4) is 11.5 Å². The summed E-state index contributed by atoms with van der Waals surface area (Å²) in [4.78, 5) is 11.9. The molecule has 0 bridgehead atoms. The van der Waals surface area contributed by atoms with Crippen molar-refractivity contribution in [1.82, 2.24) is 5.16 Å². The quantitative estimate of drug-likeness (QED) is 0.550. The van der Waals surface area contributed by atoms with E-state index < -0.39 is 80.2 Å². The maximum atomic E-state index is 13.5. The van der Waals surface area contributed by atoms with E-state index in [0.717, 1.165) is 23.6 Å². The monoisotopic (exact) mass is 464 g/mol. The normalized spacial score (nSPS) is 21.9. The van der Waals surface area contributed by atoms with Crippen LogP contribution in [0.15, 0.2) is 33.0 Å². The first-order valence-corrected chi connectivity index (χ1v) is 10.2. The fraction of sp³-hybridized carbons (Fsp3) is 0.222. The molecule has 1 aromatic carbocycles. The summed E-state index contributed by atoms with van der Waals surface area (Å²) in [5.41, 5.74) is -2.12. The highest BCUT2D eigenvalue weighted by molar-refractivity contribution is 7.93. The van der Waals surface area contributed by atoms with Crippen LogP contribution in [0.4, 0.5) is 5.88 Å². The number of rotatable bonds is 6. The number of Topliss-reactive ketones (excluding diaryl/α,β-unsaturated/α-hetero) is 1. The molecule has 0 fully saturated rings. The average Bonchev–Trinajstić information content (AvgIpc) is 3.53. The molecule has 1 aliphatic heterocycles. The smallest absolute Gasteiger partial charge is 0.265 e. The molecule has 0 saturated heterocycles. The van der Waals surface area contributed by atoms with Crippen molar-refractivity contribution in [2.45, 2.75) is 25.0 Å². The maximum absolute atomic E-state index is 13.5. The molecular weight excluding hydrogens is 440 g/mol. The Hall–Kier alpha value is -2.56. The molecule has 3 heterocycles. The average molecular weight is 465 g/mol. The van der Waals surface area contributed by atoms with Gasteiger partial charge in [0.15, 0.2) is 18.7 Å². The zero-order valence-electron chi connectivity index (χ0n) is 23.9. The van der Waals surface area contributed by atoms with Crippen LogP contribution in [-0.4, -0.2) is 26.1 Å². The predicted octanol–water partition coefficient (Wildman–Crippen LogP) is 3.96. The first-order valence-electron chi connectivity index (χ1n) is 12.6. The molecule has 0 spiro atoms. The van der Waals surface area contributed by atoms with E-state index in [9.17, 15) is 13.2 Å². The molecule has 3 aromatic rings. The molecule has 2 aromatic heterocycles. The molecule has 152 valence electrons. The molecule has 8 nitrogen and oxygen atoms in total. The highest BCUT2D eigenvalue weighted by atomic mass is 35.5. The second-order valence-corrected chi connectivity index (χ2v) is 8.33. The van der Waals surface area contributed by atoms with Crippen LogP contribution in [0.25, 0.3) is 0 Å². The van der Waals surface area contributed by atoms with Crippen LogP contribution in [0.5, 0.6) is 11.5 Å². The summed E-state index contributed by atoms with van der Waals surface area (Å²) in [5, 5.41) is 3.53. The molecule has 11 heteroatoms. The van der Waals surface area contributed by atoms with Crippen molar-refractivity contribution < 1.29 is 41.0 Å². The number of ketones is 1. The van der Waals surface area contributed by atoms with Crippen LogP contribution >= 0.6 is 22.9 Å². The first-order chi connectivity index (χ1) is 17.8. The van der Waals surface area contributed by atoms with Gasteiger partial charge in [-0.1, -0.05) is 16.8 Å². The third-order valence-electron chi connectivity index (χ3n) is 3.62. The number of sulfonamides is 1. The lowest BCUT2D eigenvalue weighted by Gasteiger charge is -2.09. The first kappa shape index (κ1) is 11.0. The SMILES string of the molecule is [2H]C1Oc2cc(C([2H])([2H])[2H])c(C([2H])([2H])C(=O)c3sccc3S(=O)(=O)N([2H])c3onc(C([2H])([2H])[2H])c3Cl)cc2O1. The molecule has 4 rings (SSSR count). The van der Waals surface area contributed by atoms with Crippen molar-refractivity contribution in [2.75, 3.05) is 11.5 Å². The van der Waals surface area contributed by atoms with Gasteiger partial charge in [0, 0.05) is 17.3 Å². The van der Waals surface area contributed by atoms with Gasteiger partial charge in [-0.25, -0.2) is 13.1 Å². The highest BCUT2D eigenvalue weighted by Gasteiger charge is 2.27. The molecule has 0 radical (unpaired) electrons. The number of thiophene rings is 1. The second-order valence-electron chi connectivity index (χ2n) is 5.46. The van der Waals surface area contributed by atoms with Crippen molar-refractivity contribution >= 4 is 44.6 Å². The Morgan fingerprint density at radius 1 is 1.45 bits per heavy atom. The minimum Gasteiger partial charge on any atom is -0.454 e. The summed E-state index contributed by atoms with van der Waals surface area (Å²) in [6.45, 7) is -7.39. The number of carbonyl (C=O) groups is 1. The number of hydrogen-bond acceptors (Lipinski definition) is 8. The summed E-state index contributed by atoms with van der Waals surface area (Å²) >= 11 is 6.38. The van der Waals surface area contributed by atoms with Gasteiger partial charge < -0.3 is 14.0 Å². The van der Waals surface area contributed by atoms with E-state index in [1.54, 1.807) is 0 Å². The van der Waals surface area contributed by atoms with Gasteiger partial charge in [-0.2, -0.15) is 0 Å². The summed E-state index contributed by atoms with van der Waals surface area (Å²) in [6.07, 6.45) is -3.15. The van der Waals surface area contributed by atoms with Crippen molar-refractivity contribution in [3.05, 3.63) is 50.3 Å². The van der Waals surface area contributed by atoms with Crippen molar-refractivity contribution in [3.63, 3.8) is 0 Å². The number of benzene rings is 1. The Bertz CT molecular complexity index is 1570. The third-order valence-corrected chi connectivity index (χ3v) is 6.30. The number of halogens is 1. The number of nitrogens with zero attached hydrogens (tertiary/aromatic N) is 1. The fourth-order valence-electron chi connectivity index (χ4n) is 2.31. The highest BCUT2D eigenvalue weighted by Crippen LogP contribution is 2.36. The van der Waals surface area contributed by atoms with E-state index in [2.05, 4.69) is 9.68 Å². The van der Waals surface area contributed by atoms with Crippen LogP contribution < -0.4 is 14.2 Å². The van der Waals surface area contributed by atoms with Gasteiger partial charge in [-0.05, 0) is 48.4 Å². The van der Waals surface area contributed by atoms with Gasteiger partial charge in [0.05, 0.1) is 4.88 Å². The van der Waals surface area contributed by atoms with Gasteiger partial charge in [0.2, 0.25) is 6.77 Å². The van der Waals surface area contributed by atoms with Crippen LogP contribution in [0.3, 0.4) is 0 Å². The van der Waals surface area contributed by atoms with E-state index in [1.807, 2.05) is 0 Å². The molecule has 1 aliphatic rings. The van der Waals surface area contributed by atoms with E-state index in [-0.39, 0.29) is 16.2 Å². The Morgan fingerprint density at radius 3 is 2.97 bits per heavy atom. The van der Waals surface area contributed by atoms with Crippen molar-refractivity contribution in [1.29, 1.82) is 0 Å². The molecule has 0 saturated carbocycles. The number of anilines is 1. The lowest BCUT2D eigenvalue weighted by Crippen LogP contribution is -2.16. The van der Waals surface area contributed by atoms with Gasteiger partial charge in [-0.15, -0.1) is 11.3 Å². The number of fused-ring (bicyclic) bond motifs is 1. The number of ether oxygens (including phenoxy) is 2. The Labute approximate surface area is 189 Å². The summed E-state index contributed by atoms with van der Waals surface area (Å²) in [5.74, 6) is -2.81. The largest absolute Gasteiger partial charge is 0.454 e.